The Balaban J connectivity index is 1.36. The molecule has 3 heterocycles. The highest BCUT2D eigenvalue weighted by atomic mass is 79.9. The fraction of sp³-hybridized carbons (Fsp3) is 0.481. The first kappa shape index (κ1) is 24.5. The quantitative estimate of drug-likeness (QED) is 0.404. The fourth-order valence-electron chi connectivity index (χ4n) is 5.90. The summed E-state index contributed by atoms with van der Waals surface area (Å²) in [5.74, 6) is 1.16. The number of hydrogen-bond acceptors (Lipinski definition) is 4. The van der Waals surface area contributed by atoms with E-state index in [1.807, 2.05) is 12.3 Å². The molecule has 5 rings (SSSR count). The van der Waals surface area contributed by atoms with Gasteiger partial charge in [-0.25, -0.2) is 0 Å². The molecule has 0 bridgehead atoms. The van der Waals surface area contributed by atoms with Crippen molar-refractivity contribution in [2.75, 3.05) is 32.7 Å². The van der Waals surface area contributed by atoms with E-state index in [0.29, 0.717) is 24.5 Å². The summed E-state index contributed by atoms with van der Waals surface area (Å²) in [6.07, 6.45) is 7.47. The number of nitrogens with zero attached hydrogens (tertiary/aromatic N) is 3. The molecule has 1 unspecified atom stereocenters. The molecule has 4 nitrogen and oxygen atoms in total. The summed E-state index contributed by atoms with van der Waals surface area (Å²) in [6, 6.07) is 6.44. The molecule has 0 amide bonds. The first-order valence-electron chi connectivity index (χ1n) is 12.2. The van der Waals surface area contributed by atoms with Crippen LogP contribution in [-0.2, 0) is 17.6 Å². The third-order valence-corrected chi connectivity index (χ3v) is 9.00. The van der Waals surface area contributed by atoms with Crippen molar-refractivity contribution in [3.8, 4) is 0 Å². The van der Waals surface area contributed by atoms with Crippen LogP contribution in [0.2, 0.25) is 5.02 Å². The Morgan fingerprint density at radius 1 is 1.03 bits per heavy atom. The van der Waals surface area contributed by atoms with Gasteiger partial charge >= 0.3 is 0 Å². The van der Waals surface area contributed by atoms with Crippen molar-refractivity contribution in [1.82, 2.24) is 14.8 Å². The van der Waals surface area contributed by atoms with Crippen molar-refractivity contribution >= 4 is 49.2 Å². The average Bonchev–Trinajstić information content (AvgIpc) is 2.97. The van der Waals surface area contributed by atoms with Crippen LogP contribution in [0.3, 0.4) is 0 Å². The van der Waals surface area contributed by atoms with Crippen LogP contribution in [-0.4, -0.2) is 53.3 Å². The molecule has 0 radical (unpaired) electrons. The van der Waals surface area contributed by atoms with Crippen LogP contribution in [0.4, 0.5) is 0 Å². The van der Waals surface area contributed by atoms with E-state index < -0.39 is 0 Å². The average molecular weight is 608 g/mol. The highest BCUT2D eigenvalue weighted by Crippen LogP contribution is 2.46. The first-order valence-corrected chi connectivity index (χ1v) is 14.1. The minimum absolute atomic E-state index is 0.260. The number of hydrogen-bond donors (Lipinski definition) is 0. The predicted octanol–water partition coefficient (Wildman–Crippen LogP) is 6.38. The third kappa shape index (κ3) is 5.16. The molecule has 2 fully saturated rings. The predicted molar refractivity (Wildman–Crippen MR) is 144 cm³/mol. The second kappa shape index (κ2) is 10.4. The van der Waals surface area contributed by atoms with E-state index in [9.17, 15) is 4.79 Å². The number of aryl methyl sites for hydroxylation is 2. The van der Waals surface area contributed by atoms with Gasteiger partial charge in [-0.3, -0.25) is 14.7 Å². The van der Waals surface area contributed by atoms with Gasteiger partial charge < -0.3 is 4.90 Å². The third-order valence-electron chi connectivity index (χ3n) is 7.70. The number of ketones is 1. The van der Waals surface area contributed by atoms with E-state index in [1.165, 1.54) is 28.1 Å². The molecule has 0 spiro atoms. The molecule has 2 aliphatic heterocycles. The molecule has 34 heavy (non-hydrogen) atoms. The molecule has 0 saturated carbocycles. The summed E-state index contributed by atoms with van der Waals surface area (Å²) in [5, 5.41) is 0.787. The second-order valence-electron chi connectivity index (χ2n) is 9.84. The lowest BCUT2D eigenvalue weighted by atomic mass is 9.76. The number of piperidine rings is 2. The van der Waals surface area contributed by atoms with Gasteiger partial charge in [-0.2, -0.15) is 0 Å². The van der Waals surface area contributed by atoms with Gasteiger partial charge in [-0.15, -0.1) is 0 Å². The molecule has 2 saturated heterocycles. The molecule has 0 N–H and O–H groups in total. The molecular weight excluding hydrogens is 578 g/mol. The van der Waals surface area contributed by atoms with E-state index in [-0.39, 0.29) is 5.92 Å². The Hall–Kier alpha value is -1.21. The number of benzene rings is 1. The monoisotopic (exact) mass is 605 g/mol. The lowest BCUT2D eigenvalue weighted by molar-refractivity contribution is -0.121. The minimum atomic E-state index is 0.260. The first-order chi connectivity index (χ1) is 16.4. The van der Waals surface area contributed by atoms with Crippen molar-refractivity contribution in [3.05, 3.63) is 73.0 Å². The van der Waals surface area contributed by atoms with Crippen LogP contribution in [0.5, 0.6) is 0 Å². The SMILES string of the molecule is C=C(CN1CCC(=O)CC1)N1CCC(C2c3ncc(Br)cc3CCc3cc(Cl)cc(Br)c32)CC1. The Labute approximate surface area is 224 Å². The highest BCUT2D eigenvalue weighted by Gasteiger charge is 2.36. The number of carbonyl (C=O) groups excluding carboxylic acids is 1. The van der Waals surface area contributed by atoms with E-state index in [2.05, 4.69) is 60.4 Å². The zero-order valence-electron chi connectivity index (χ0n) is 19.3. The number of carbonyl (C=O) groups is 1. The van der Waals surface area contributed by atoms with Gasteiger partial charge in [0.25, 0.3) is 0 Å². The smallest absolute Gasteiger partial charge is 0.135 e. The lowest BCUT2D eigenvalue weighted by Crippen LogP contribution is -2.41. The van der Waals surface area contributed by atoms with Gasteiger partial charge in [-0.1, -0.05) is 34.1 Å². The molecular formula is C27H30Br2ClN3O. The summed E-state index contributed by atoms with van der Waals surface area (Å²) in [7, 11) is 0. The molecule has 3 aliphatic rings. The fourth-order valence-corrected chi connectivity index (χ4v) is 7.40. The molecule has 7 heteroatoms. The van der Waals surface area contributed by atoms with Crippen molar-refractivity contribution in [2.45, 2.75) is 44.4 Å². The summed E-state index contributed by atoms with van der Waals surface area (Å²) >= 11 is 13.9. The van der Waals surface area contributed by atoms with Crippen LogP contribution in [0, 0.1) is 5.92 Å². The van der Waals surface area contributed by atoms with Gasteiger partial charge in [-0.05, 0) is 82.4 Å². The molecule has 1 aromatic carbocycles. The Morgan fingerprint density at radius 2 is 1.74 bits per heavy atom. The number of fused-ring (bicyclic) bond motifs is 2. The van der Waals surface area contributed by atoms with Crippen molar-refractivity contribution in [2.24, 2.45) is 5.92 Å². The van der Waals surface area contributed by atoms with Gasteiger partial charge in [0.15, 0.2) is 0 Å². The lowest BCUT2D eigenvalue weighted by Gasteiger charge is -2.40. The summed E-state index contributed by atoms with van der Waals surface area (Å²) in [4.78, 5) is 21.4. The van der Waals surface area contributed by atoms with Crippen LogP contribution >= 0.6 is 43.5 Å². The van der Waals surface area contributed by atoms with Crippen molar-refractivity contribution in [1.29, 1.82) is 0 Å². The van der Waals surface area contributed by atoms with Crippen molar-refractivity contribution < 1.29 is 4.79 Å². The van der Waals surface area contributed by atoms with Crippen LogP contribution < -0.4 is 0 Å². The Kier molecular flexibility index (Phi) is 7.50. The maximum atomic E-state index is 11.6. The molecule has 1 aromatic heterocycles. The van der Waals surface area contributed by atoms with Gasteiger partial charge in [0.2, 0.25) is 0 Å². The Bertz CT molecular complexity index is 1100. The highest BCUT2D eigenvalue weighted by molar-refractivity contribution is 9.10. The van der Waals surface area contributed by atoms with Crippen LogP contribution in [0.1, 0.15) is 54.0 Å². The summed E-state index contributed by atoms with van der Waals surface area (Å²) in [5.41, 5.74) is 6.45. The van der Waals surface area contributed by atoms with E-state index in [0.717, 1.165) is 72.4 Å². The number of halogens is 3. The van der Waals surface area contributed by atoms with Crippen molar-refractivity contribution in [3.63, 3.8) is 0 Å². The number of pyridine rings is 1. The van der Waals surface area contributed by atoms with Gasteiger partial charge in [0.1, 0.15) is 5.78 Å². The maximum Gasteiger partial charge on any atom is 0.135 e. The van der Waals surface area contributed by atoms with Gasteiger partial charge in [0.05, 0.1) is 5.69 Å². The van der Waals surface area contributed by atoms with Crippen LogP contribution in [0.15, 0.2) is 45.6 Å². The van der Waals surface area contributed by atoms with Gasteiger partial charge in [0, 0.05) is 77.3 Å². The topological polar surface area (TPSA) is 36.4 Å². The zero-order valence-corrected chi connectivity index (χ0v) is 23.3. The standard InChI is InChI=1S/C27H30Br2ClN3O/c1-17(16-32-8-6-23(34)7-9-32)33-10-4-18(5-11-33)26-25-19(13-22(30)14-24(25)29)2-3-20-12-21(28)15-31-27(20)26/h12-15,18,26H,1-11,16H2. The molecule has 1 atom stereocenters. The number of rotatable bonds is 4. The minimum Gasteiger partial charge on any atom is -0.374 e. The molecule has 180 valence electrons. The normalized spacial score (nSPS) is 21.7. The Morgan fingerprint density at radius 3 is 2.47 bits per heavy atom. The largest absolute Gasteiger partial charge is 0.374 e. The second-order valence-corrected chi connectivity index (χ2v) is 12.0. The molecule has 2 aromatic rings. The summed E-state index contributed by atoms with van der Waals surface area (Å²) in [6.45, 7) is 9.03. The van der Waals surface area contributed by atoms with E-state index >= 15 is 0 Å². The molecule has 1 aliphatic carbocycles. The van der Waals surface area contributed by atoms with E-state index in [1.54, 1.807) is 0 Å². The number of aromatic nitrogens is 1. The number of likely N-dealkylation sites (tertiary alicyclic amines) is 2. The zero-order chi connectivity index (χ0) is 23.8. The number of Topliss-reactive ketones (excluding diaryl/α,β-unsaturated/α-hetero) is 1. The maximum absolute atomic E-state index is 11.6. The van der Waals surface area contributed by atoms with E-state index in [4.69, 9.17) is 16.6 Å². The van der Waals surface area contributed by atoms with Crippen LogP contribution in [0.25, 0.3) is 0 Å². The summed E-state index contributed by atoms with van der Waals surface area (Å²) < 4.78 is 2.14.